The summed E-state index contributed by atoms with van der Waals surface area (Å²) in [5.41, 5.74) is 0.699. The molecule has 1 aromatic rings. The molecule has 5 nitrogen and oxygen atoms in total. The van der Waals surface area contributed by atoms with Crippen molar-refractivity contribution in [2.45, 2.75) is 25.9 Å². The van der Waals surface area contributed by atoms with Crippen LogP contribution < -0.4 is 0 Å². The van der Waals surface area contributed by atoms with Gasteiger partial charge < -0.3 is 14.5 Å². The third kappa shape index (κ3) is 3.98. The number of halogens is 1. The van der Waals surface area contributed by atoms with Gasteiger partial charge in [-0.2, -0.15) is 0 Å². The Labute approximate surface area is 151 Å². The van der Waals surface area contributed by atoms with Crippen LogP contribution in [0.15, 0.2) is 28.7 Å². The van der Waals surface area contributed by atoms with Crippen LogP contribution in [-0.2, 0) is 9.53 Å². The van der Waals surface area contributed by atoms with Gasteiger partial charge in [0.2, 0.25) is 5.91 Å². The monoisotopic (exact) mass is 394 g/mol. The number of amides is 2. The molecule has 2 amide bonds. The molecule has 3 rings (SSSR count). The number of piperidine rings is 1. The number of carbonyl (C=O) groups is 2. The van der Waals surface area contributed by atoms with Gasteiger partial charge in [-0.15, -0.1) is 0 Å². The second-order valence-electron chi connectivity index (χ2n) is 6.54. The summed E-state index contributed by atoms with van der Waals surface area (Å²) < 4.78 is 6.46. The highest BCUT2D eigenvalue weighted by Crippen LogP contribution is 2.23. The number of ether oxygens (including phenoxy) is 1. The fourth-order valence-corrected chi connectivity index (χ4v) is 3.65. The van der Waals surface area contributed by atoms with Crippen LogP contribution in [0.5, 0.6) is 0 Å². The zero-order valence-electron chi connectivity index (χ0n) is 13.9. The van der Waals surface area contributed by atoms with Crippen molar-refractivity contribution in [2.24, 2.45) is 5.92 Å². The Kier molecular flexibility index (Phi) is 5.56. The topological polar surface area (TPSA) is 49.9 Å². The number of likely N-dealkylation sites (tertiary alicyclic amines) is 1. The first-order valence-electron chi connectivity index (χ1n) is 8.50. The van der Waals surface area contributed by atoms with Gasteiger partial charge in [0.25, 0.3) is 5.91 Å². The smallest absolute Gasteiger partial charge is 0.253 e. The van der Waals surface area contributed by atoms with E-state index in [-0.39, 0.29) is 23.8 Å². The standard InChI is InChI=1S/C18H23BrN2O3/c1-13-12-21(10-11-24-13)18(23)15-6-8-20(9-7-15)17(22)14-2-4-16(19)5-3-14/h2-5,13,15H,6-12H2,1H3/t13-/m0/s1. The van der Waals surface area contributed by atoms with Crippen LogP contribution in [0.3, 0.4) is 0 Å². The fourth-order valence-electron chi connectivity index (χ4n) is 3.38. The highest BCUT2D eigenvalue weighted by molar-refractivity contribution is 9.10. The molecule has 2 heterocycles. The molecular weight excluding hydrogens is 372 g/mol. The highest BCUT2D eigenvalue weighted by Gasteiger charge is 2.32. The Morgan fingerprint density at radius 1 is 1.08 bits per heavy atom. The number of nitrogens with zero attached hydrogens (tertiary/aromatic N) is 2. The summed E-state index contributed by atoms with van der Waals surface area (Å²) in [5.74, 6) is 0.304. The summed E-state index contributed by atoms with van der Waals surface area (Å²) in [6.45, 7) is 5.27. The predicted molar refractivity (Wildman–Crippen MR) is 94.8 cm³/mol. The molecule has 24 heavy (non-hydrogen) atoms. The summed E-state index contributed by atoms with van der Waals surface area (Å²) in [5, 5.41) is 0. The maximum atomic E-state index is 12.6. The van der Waals surface area contributed by atoms with Crippen LogP contribution in [0.1, 0.15) is 30.1 Å². The van der Waals surface area contributed by atoms with Gasteiger partial charge in [-0.05, 0) is 44.0 Å². The Balaban J connectivity index is 1.54. The third-order valence-corrected chi connectivity index (χ3v) is 5.30. The summed E-state index contributed by atoms with van der Waals surface area (Å²) in [7, 11) is 0. The molecule has 0 bridgehead atoms. The summed E-state index contributed by atoms with van der Waals surface area (Å²) in [4.78, 5) is 29.0. The lowest BCUT2D eigenvalue weighted by Crippen LogP contribution is -2.49. The Morgan fingerprint density at radius 3 is 2.38 bits per heavy atom. The molecule has 1 atom stereocenters. The molecule has 0 unspecified atom stereocenters. The van der Waals surface area contributed by atoms with Crippen LogP contribution in [0.25, 0.3) is 0 Å². The van der Waals surface area contributed by atoms with Gasteiger partial charge in [-0.25, -0.2) is 0 Å². The predicted octanol–water partition coefficient (Wildman–Crippen LogP) is 2.55. The van der Waals surface area contributed by atoms with Gasteiger partial charge in [0, 0.05) is 42.1 Å². The van der Waals surface area contributed by atoms with E-state index in [1.165, 1.54) is 0 Å². The number of hydrogen-bond acceptors (Lipinski definition) is 3. The summed E-state index contributed by atoms with van der Waals surface area (Å²) >= 11 is 3.38. The summed E-state index contributed by atoms with van der Waals surface area (Å²) in [6, 6.07) is 7.42. The van der Waals surface area contributed by atoms with E-state index in [9.17, 15) is 9.59 Å². The van der Waals surface area contributed by atoms with Crippen molar-refractivity contribution < 1.29 is 14.3 Å². The average molecular weight is 395 g/mol. The van der Waals surface area contributed by atoms with Crippen LogP contribution in [0.4, 0.5) is 0 Å². The maximum Gasteiger partial charge on any atom is 0.253 e. The van der Waals surface area contributed by atoms with E-state index >= 15 is 0 Å². The van der Waals surface area contributed by atoms with Gasteiger partial charge in [0.05, 0.1) is 12.7 Å². The minimum absolute atomic E-state index is 0.0317. The molecule has 2 aliphatic heterocycles. The van der Waals surface area contributed by atoms with Crippen molar-refractivity contribution in [2.75, 3.05) is 32.8 Å². The quantitative estimate of drug-likeness (QED) is 0.774. The van der Waals surface area contributed by atoms with E-state index in [0.29, 0.717) is 38.3 Å². The first-order chi connectivity index (χ1) is 11.5. The Morgan fingerprint density at radius 2 is 1.75 bits per heavy atom. The van der Waals surface area contributed by atoms with Crippen molar-refractivity contribution in [3.63, 3.8) is 0 Å². The fraction of sp³-hybridized carbons (Fsp3) is 0.556. The van der Waals surface area contributed by atoms with Gasteiger partial charge in [0.1, 0.15) is 0 Å². The van der Waals surface area contributed by atoms with Crippen molar-refractivity contribution in [3.05, 3.63) is 34.3 Å². The number of benzene rings is 1. The van der Waals surface area contributed by atoms with Crippen LogP contribution in [0.2, 0.25) is 0 Å². The lowest BCUT2D eigenvalue weighted by molar-refractivity contribution is -0.143. The molecule has 2 fully saturated rings. The molecule has 0 N–H and O–H groups in total. The zero-order chi connectivity index (χ0) is 17.1. The Hall–Kier alpha value is -1.40. The molecule has 0 radical (unpaired) electrons. The zero-order valence-corrected chi connectivity index (χ0v) is 15.5. The third-order valence-electron chi connectivity index (χ3n) is 4.78. The Bertz CT molecular complexity index is 597. The number of rotatable bonds is 2. The summed E-state index contributed by atoms with van der Waals surface area (Å²) in [6.07, 6.45) is 1.60. The molecule has 1 aromatic carbocycles. The van der Waals surface area contributed by atoms with E-state index in [1.807, 2.05) is 41.0 Å². The number of morpholine rings is 1. The molecule has 2 saturated heterocycles. The molecule has 0 spiro atoms. The minimum atomic E-state index is 0.0317. The van der Waals surface area contributed by atoms with Gasteiger partial charge in [-0.1, -0.05) is 15.9 Å². The van der Waals surface area contributed by atoms with E-state index < -0.39 is 0 Å². The van der Waals surface area contributed by atoms with Gasteiger partial charge in [0.15, 0.2) is 0 Å². The van der Waals surface area contributed by atoms with Gasteiger partial charge in [-0.3, -0.25) is 9.59 Å². The van der Waals surface area contributed by atoms with Crippen molar-refractivity contribution in [1.29, 1.82) is 0 Å². The van der Waals surface area contributed by atoms with Crippen molar-refractivity contribution in [3.8, 4) is 0 Å². The van der Waals surface area contributed by atoms with Crippen molar-refractivity contribution >= 4 is 27.7 Å². The van der Waals surface area contributed by atoms with E-state index in [2.05, 4.69) is 15.9 Å². The number of carbonyl (C=O) groups excluding carboxylic acids is 2. The molecule has 0 aromatic heterocycles. The van der Waals surface area contributed by atoms with E-state index in [1.54, 1.807) is 0 Å². The lowest BCUT2D eigenvalue weighted by Gasteiger charge is -2.37. The largest absolute Gasteiger partial charge is 0.375 e. The normalized spacial score (nSPS) is 22.5. The van der Waals surface area contributed by atoms with Crippen molar-refractivity contribution in [1.82, 2.24) is 9.80 Å². The second-order valence-corrected chi connectivity index (χ2v) is 7.45. The first kappa shape index (κ1) is 17.4. The minimum Gasteiger partial charge on any atom is -0.375 e. The van der Waals surface area contributed by atoms with Gasteiger partial charge >= 0.3 is 0 Å². The molecule has 0 saturated carbocycles. The van der Waals surface area contributed by atoms with E-state index in [0.717, 1.165) is 17.3 Å². The van der Waals surface area contributed by atoms with Crippen LogP contribution >= 0.6 is 15.9 Å². The molecule has 6 heteroatoms. The first-order valence-corrected chi connectivity index (χ1v) is 9.29. The van der Waals surface area contributed by atoms with E-state index in [4.69, 9.17) is 4.74 Å². The molecule has 0 aliphatic carbocycles. The molecular formula is C18H23BrN2O3. The SMILES string of the molecule is C[C@H]1CN(C(=O)C2CCN(C(=O)c3ccc(Br)cc3)CC2)CCO1. The lowest BCUT2D eigenvalue weighted by atomic mass is 9.94. The average Bonchev–Trinajstić information content (AvgIpc) is 2.61. The second kappa shape index (κ2) is 7.66. The maximum absolute atomic E-state index is 12.6. The highest BCUT2D eigenvalue weighted by atomic mass is 79.9. The van der Waals surface area contributed by atoms with Crippen LogP contribution in [-0.4, -0.2) is 60.5 Å². The molecule has 130 valence electrons. The number of hydrogen-bond donors (Lipinski definition) is 0. The van der Waals surface area contributed by atoms with Crippen LogP contribution in [0, 0.1) is 5.92 Å². The molecule has 2 aliphatic rings.